The van der Waals surface area contributed by atoms with Crippen LogP contribution in [0.5, 0.6) is 0 Å². The first-order chi connectivity index (χ1) is 12.4. The number of nitrogens with zero attached hydrogens (tertiary/aromatic N) is 2. The maximum absolute atomic E-state index is 12.9. The molecule has 3 atom stereocenters. The van der Waals surface area contributed by atoms with E-state index in [0.717, 1.165) is 4.90 Å². The van der Waals surface area contributed by atoms with Crippen molar-refractivity contribution in [3.8, 4) is 0 Å². The minimum Gasteiger partial charge on any atom is -0.309 e. The lowest BCUT2D eigenvalue weighted by Crippen LogP contribution is -2.56. The second-order valence-electron chi connectivity index (χ2n) is 7.36. The number of halogens is 2. The average molecular weight is 410 g/mol. The summed E-state index contributed by atoms with van der Waals surface area (Å²) in [5, 5.41) is 0.555. The zero-order valence-corrected chi connectivity index (χ0v) is 14.5. The predicted molar refractivity (Wildman–Crippen MR) is 79.8 cm³/mol. The third-order valence-corrected chi connectivity index (χ3v) is 5.94. The number of urea groups is 1. The summed E-state index contributed by atoms with van der Waals surface area (Å²) in [5.41, 5.74) is 3.44. The third-order valence-electron chi connectivity index (χ3n) is 5.59. The summed E-state index contributed by atoms with van der Waals surface area (Å²) in [5.74, 6) is -6.37. The van der Waals surface area contributed by atoms with Crippen molar-refractivity contribution < 1.29 is 40.4 Å². The van der Waals surface area contributed by atoms with Crippen LogP contribution in [0.3, 0.4) is 0 Å². The van der Waals surface area contributed by atoms with Crippen molar-refractivity contribution in [2.75, 3.05) is 6.54 Å². The van der Waals surface area contributed by atoms with Crippen LogP contribution in [0, 0.1) is 11.3 Å². The van der Waals surface area contributed by atoms with Gasteiger partial charge in [-0.3, -0.25) is 25.0 Å². The number of hydrazine groups is 1. The molecule has 1 spiro atoms. The average Bonchev–Trinajstić information content (AvgIpc) is 3.44. The number of carbonyl (C=O) groups is 3. The van der Waals surface area contributed by atoms with Gasteiger partial charge in [-0.15, -0.1) is 4.28 Å². The zero-order chi connectivity index (χ0) is 19.8. The molecule has 3 N–H and O–H groups in total. The van der Waals surface area contributed by atoms with Crippen LogP contribution in [0.25, 0.3) is 0 Å². The molecule has 0 aromatic heterocycles. The fourth-order valence-electron chi connectivity index (χ4n) is 3.84. The Hall–Kier alpha value is -2.06. The van der Waals surface area contributed by atoms with Crippen LogP contribution in [0.1, 0.15) is 25.7 Å². The first-order valence-corrected chi connectivity index (χ1v) is 9.54. The van der Waals surface area contributed by atoms with Crippen molar-refractivity contribution in [1.29, 1.82) is 0 Å². The molecule has 0 aromatic rings. The van der Waals surface area contributed by atoms with Crippen LogP contribution in [-0.4, -0.2) is 65.3 Å². The van der Waals surface area contributed by atoms with Crippen LogP contribution < -0.4 is 10.9 Å². The summed E-state index contributed by atoms with van der Waals surface area (Å²) >= 11 is 0. The highest BCUT2D eigenvalue weighted by molar-refractivity contribution is 7.80. The molecule has 150 valence electrons. The van der Waals surface area contributed by atoms with E-state index in [4.69, 9.17) is 4.55 Å². The van der Waals surface area contributed by atoms with E-state index in [1.54, 1.807) is 0 Å². The monoisotopic (exact) mass is 410 g/mol. The highest BCUT2D eigenvalue weighted by atomic mass is 32.3. The van der Waals surface area contributed by atoms with Crippen molar-refractivity contribution in [2.24, 2.45) is 11.3 Å². The van der Waals surface area contributed by atoms with Crippen molar-refractivity contribution >= 4 is 28.2 Å². The second-order valence-corrected chi connectivity index (χ2v) is 8.36. The molecule has 2 bridgehead atoms. The number of alkyl halides is 2. The molecule has 11 nitrogen and oxygen atoms in total. The van der Waals surface area contributed by atoms with Crippen LogP contribution in [0.15, 0.2) is 0 Å². The van der Waals surface area contributed by atoms with Gasteiger partial charge in [0, 0.05) is 13.0 Å². The molecule has 4 amide bonds. The molecule has 2 heterocycles. The number of hydrogen-bond acceptors (Lipinski definition) is 6. The molecule has 0 radical (unpaired) electrons. The van der Waals surface area contributed by atoms with Crippen LogP contribution in [-0.2, 0) is 24.3 Å². The Morgan fingerprint density at radius 2 is 1.78 bits per heavy atom. The van der Waals surface area contributed by atoms with E-state index in [9.17, 15) is 31.6 Å². The number of fused-ring (bicyclic) bond motifs is 3. The Kier molecular flexibility index (Phi) is 3.72. The second kappa shape index (κ2) is 5.48. The summed E-state index contributed by atoms with van der Waals surface area (Å²) in [6.45, 7) is 0.00107. The van der Waals surface area contributed by atoms with Gasteiger partial charge in [-0.25, -0.2) is 13.6 Å². The number of amides is 4. The molecule has 4 fully saturated rings. The minimum atomic E-state index is -4.92. The van der Waals surface area contributed by atoms with E-state index >= 15 is 0 Å². The minimum absolute atomic E-state index is 0.00107. The standard InChI is InChI=1S/C13H16F2N4O7S/c14-13(15)3-6(13)9(20)16-17-10(21)7-4-12(1-2-12)8-5-18(7)11(22)19(8)26-27(23,24)25/h6-8H,1-5H2,(H,16,20)(H,17,21)(H,23,24,25)/t6?,7-,8-/m0/s1. The van der Waals surface area contributed by atoms with Crippen molar-refractivity contribution in [1.82, 2.24) is 20.8 Å². The molecule has 2 saturated carbocycles. The van der Waals surface area contributed by atoms with Gasteiger partial charge in [-0.05, 0) is 24.7 Å². The maximum atomic E-state index is 12.9. The Labute approximate surface area is 151 Å². The number of rotatable bonds is 4. The number of carbonyl (C=O) groups excluding carboxylic acids is 3. The van der Waals surface area contributed by atoms with Crippen LogP contribution >= 0.6 is 0 Å². The lowest BCUT2D eigenvalue weighted by molar-refractivity contribution is -0.134. The summed E-state index contributed by atoms with van der Waals surface area (Å²) in [7, 11) is -4.92. The quantitative estimate of drug-likeness (QED) is 0.406. The van der Waals surface area contributed by atoms with E-state index < -0.39 is 64.0 Å². The molecule has 4 rings (SSSR count). The molecule has 1 unspecified atom stereocenters. The Morgan fingerprint density at radius 3 is 2.30 bits per heavy atom. The van der Waals surface area contributed by atoms with Crippen LogP contribution in [0.2, 0.25) is 0 Å². The molecule has 27 heavy (non-hydrogen) atoms. The molecule has 2 aliphatic heterocycles. The van der Waals surface area contributed by atoms with E-state index in [2.05, 4.69) is 9.71 Å². The molecule has 2 aliphatic carbocycles. The topological polar surface area (TPSA) is 145 Å². The summed E-state index contributed by atoms with van der Waals surface area (Å²) in [4.78, 5) is 37.5. The van der Waals surface area contributed by atoms with E-state index in [-0.39, 0.29) is 13.0 Å². The summed E-state index contributed by atoms with van der Waals surface area (Å²) in [6.07, 6.45) is 0.842. The molecular formula is C13H16F2N4O7S. The van der Waals surface area contributed by atoms with Gasteiger partial charge in [0.15, 0.2) is 0 Å². The summed E-state index contributed by atoms with van der Waals surface area (Å²) in [6, 6.07) is -2.59. The van der Waals surface area contributed by atoms with Crippen molar-refractivity contribution in [3.63, 3.8) is 0 Å². The smallest absolute Gasteiger partial charge is 0.309 e. The first kappa shape index (κ1) is 18.3. The number of hydroxylamine groups is 2. The zero-order valence-electron chi connectivity index (χ0n) is 13.7. The van der Waals surface area contributed by atoms with Gasteiger partial charge >= 0.3 is 16.4 Å². The Balaban J connectivity index is 1.44. The third kappa shape index (κ3) is 3.10. The lowest BCUT2D eigenvalue weighted by atomic mass is 9.85. The number of nitrogens with one attached hydrogen (secondary N) is 2. The molecule has 14 heteroatoms. The fourth-order valence-corrected chi connectivity index (χ4v) is 4.21. The molecule has 4 aliphatic rings. The highest BCUT2D eigenvalue weighted by Crippen LogP contribution is 2.59. The highest BCUT2D eigenvalue weighted by Gasteiger charge is 2.65. The van der Waals surface area contributed by atoms with Crippen molar-refractivity contribution in [3.05, 3.63) is 0 Å². The molecule has 0 aromatic carbocycles. The van der Waals surface area contributed by atoms with Crippen molar-refractivity contribution in [2.45, 2.75) is 43.7 Å². The van der Waals surface area contributed by atoms with Gasteiger partial charge in [-0.1, -0.05) is 0 Å². The van der Waals surface area contributed by atoms with E-state index in [1.165, 1.54) is 0 Å². The van der Waals surface area contributed by atoms with Gasteiger partial charge in [-0.2, -0.15) is 13.5 Å². The van der Waals surface area contributed by atoms with E-state index in [0.29, 0.717) is 17.9 Å². The largest absolute Gasteiger partial charge is 0.418 e. The Morgan fingerprint density at radius 1 is 1.19 bits per heavy atom. The fraction of sp³-hybridized carbons (Fsp3) is 0.769. The number of piperidine rings is 1. The van der Waals surface area contributed by atoms with Crippen LogP contribution in [0.4, 0.5) is 13.6 Å². The normalized spacial score (nSPS) is 32.4. The first-order valence-electron chi connectivity index (χ1n) is 8.18. The summed E-state index contributed by atoms with van der Waals surface area (Å²) < 4.78 is 61.0. The van der Waals surface area contributed by atoms with Gasteiger partial charge < -0.3 is 4.90 Å². The lowest BCUT2D eigenvalue weighted by Gasteiger charge is -2.35. The van der Waals surface area contributed by atoms with Gasteiger partial charge in [0.2, 0.25) is 5.91 Å². The predicted octanol–water partition coefficient (Wildman–Crippen LogP) is -0.818. The van der Waals surface area contributed by atoms with E-state index in [1.807, 2.05) is 5.43 Å². The van der Waals surface area contributed by atoms with Gasteiger partial charge in [0.1, 0.15) is 12.0 Å². The van der Waals surface area contributed by atoms with Gasteiger partial charge in [0.25, 0.3) is 11.8 Å². The molecule has 2 saturated heterocycles. The Bertz CT molecular complexity index is 831. The maximum Gasteiger partial charge on any atom is 0.418 e. The molecular weight excluding hydrogens is 394 g/mol. The number of hydrogen-bond donors (Lipinski definition) is 3. The van der Waals surface area contributed by atoms with Gasteiger partial charge in [0.05, 0.1) is 6.04 Å². The SMILES string of the molecule is O=C(NNC(=O)[C@@H]1CC2(CC2)[C@@H]2CN1C(=O)N2OS(=O)(=O)O)C1CC1(F)F.